The largest absolute Gasteiger partial charge is 0.595 e. The fraction of sp³-hybridized carbons (Fsp3) is 0.455. The first-order valence-corrected chi connectivity index (χ1v) is 10.5. The molecule has 0 spiro atoms. The molecule has 158 valence electrons. The molecule has 1 aromatic carbocycles. The molecule has 2 aromatic rings. The Hall–Kier alpha value is -2.68. The Morgan fingerprint density at radius 2 is 2.10 bits per heavy atom. The Bertz CT molecular complexity index is 1050. The molecule has 0 saturated carbocycles. The summed E-state index contributed by atoms with van der Waals surface area (Å²) in [6, 6.07) is 9.31. The molecule has 1 fully saturated rings. The van der Waals surface area contributed by atoms with E-state index in [4.69, 9.17) is 4.74 Å². The van der Waals surface area contributed by atoms with Crippen LogP contribution in [0, 0.1) is 11.1 Å². The zero-order valence-corrected chi connectivity index (χ0v) is 16.7. The second-order valence-electron chi connectivity index (χ2n) is 8.53. The third-order valence-corrected chi connectivity index (χ3v) is 6.57. The van der Waals surface area contributed by atoms with Gasteiger partial charge in [0.2, 0.25) is 11.6 Å². The summed E-state index contributed by atoms with van der Waals surface area (Å²) in [5, 5.41) is 19.3. The van der Waals surface area contributed by atoms with Crippen molar-refractivity contribution in [1.29, 1.82) is 0 Å². The van der Waals surface area contributed by atoms with Gasteiger partial charge in [0, 0.05) is 50.2 Å². The van der Waals surface area contributed by atoms with Gasteiger partial charge in [-0.15, -0.1) is 0 Å². The summed E-state index contributed by atoms with van der Waals surface area (Å²) in [7, 11) is 0. The fourth-order valence-electron chi connectivity index (χ4n) is 5.12. The Morgan fingerprint density at radius 1 is 1.23 bits per heavy atom. The number of nitrogens with zero attached hydrogens (tertiary/aromatic N) is 2. The average molecular weight is 411 g/mol. The van der Waals surface area contributed by atoms with Crippen molar-refractivity contribution in [3.63, 3.8) is 0 Å². The molecule has 0 aliphatic carbocycles. The van der Waals surface area contributed by atoms with E-state index in [1.165, 1.54) is 11.6 Å². The van der Waals surface area contributed by atoms with E-state index in [0.717, 1.165) is 36.5 Å². The van der Waals surface area contributed by atoms with Gasteiger partial charge in [0.15, 0.2) is 0 Å². The molecule has 1 saturated heterocycles. The van der Waals surface area contributed by atoms with Crippen LogP contribution in [-0.2, 0) is 24.2 Å². The highest BCUT2D eigenvalue weighted by atomic mass is 16.8. The summed E-state index contributed by atoms with van der Waals surface area (Å²) in [6.45, 7) is 2.41. The van der Waals surface area contributed by atoms with E-state index in [0.29, 0.717) is 32.5 Å². The van der Waals surface area contributed by atoms with Crippen LogP contribution in [0.4, 0.5) is 5.69 Å². The number of hydrogen-bond donors (Lipinski definition) is 2. The van der Waals surface area contributed by atoms with Crippen LogP contribution >= 0.6 is 0 Å². The number of pyridine rings is 1. The molecule has 3 unspecified atom stereocenters. The van der Waals surface area contributed by atoms with Crippen LogP contribution in [0.3, 0.4) is 0 Å². The number of amides is 1. The van der Waals surface area contributed by atoms with Gasteiger partial charge < -0.3 is 19.4 Å². The number of aryl methyl sites for hydroxylation is 1. The minimum absolute atomic E-state index is 0.0779. The van der Waals surface area contributed by atoms with Crippen molar-refractivity contribution in [2.24, 2.45) is 5.92 Å². The summed E-state index contributed by atoms with van der Waals surface area (Å²) < 4.78 is 7.15. The minimum atomic E-state index is -1.19. The average Bonchev–Trinajstić information content (AvgIpc) is 3.20. The zero-order valence-electron chi connectivity index (χ0n) is 16.7. The number of piperidine rings is 1. The molecular formula is C22H25N3O5. The molecule has 4 heterocycles. The van der Waals surface area contributed by atoms with Crippen LogP contribution in [0.1, 0.15) is 35.6 Å². The van der Waals surface area contributed by atoms with Crippen LogP contribution in [0.2, 0.25) is 0 Å². The van der Waals surface area contributed by atoms with E-state index in [1.807, 2.05) is 17.0 Å². The molecule has 1 amide bonds. The molecule has 3 aliphatic rings. The molecule has 0 radical (unpaired) electrons. The summed E-state index contributed by atoms with van der Waals surface area (Å²) in [4.78, 5) is 27.4. The number of carbonyl (C=O) groups excluding carboxylic acids is 1. The SMILES string of the molecule is O=C(CCc1ccc2c(c1)CCO2)N1CC2CC(C1)c1ccc([NH+]([O-])O)c(=O)n1C2. The summed E-state index contributed by atoms with van der Waals surface area (Å²) in [5.41, 5.74) is 2.59. The number of hydrogen-bond acceptors (Lipinski definition) is 5. The normalized spacial score (nSPS) is 22.8. The highest BCUT2D eigenvalue weighted by Gasteiger charge is 2.37. The van der Waals surface area contributed by atoms with Crippen LogP contribution < -0.4 is 15.5 Å². The van der Waals surface area contributed by atoms with Gasteiger partial charge in [-0.3, -0.25) is 9.59 Å². The molecular weight excluding hydrogens is 386 g/mol. The molecule has 30 heavy (non-hydrogen) atoms. The number of nitrogens with one attached hydrogen (secondary N) is 1. The van der Waals surface area contributed by atoms with Crippen molar-refractivity contribution < 1.29 is 20.0 Å². The van der Waals surface area contributed by atoms with Gasteiger partial charge in [-0.2, -0.15) is 5.23 Å². The van der Waals surface area contributed by atoms with E-state index >= 15 is 0 Å². The van der Waals surface area contributed by atoms with Gasteiger partial charge in [-0.1, -0.05) is 12.1 Å². The zero-order chi connectivity index (χ0) is 20.8. The van der Waals surface area contributed by atoms with E-state index in [2.05, 4.69) is 6.07 Å². The Balaban J connectivity index is 1.28. The van der Waals surface area contributed by atoms with Gasteiger partial charge >= 0.3 is 5.56 Å². The number of rotatable bonds is 4. The van der Waals surface area contributed by atoms with Crippen molar-refractivity contribution in [3.05, 3.63) is 62.7 Å². The van der Waals surface area contributed by atoms with Gasteiger partial charge in [-0.25, -0.2) is 5.21 Å². The van der Waals surface area contributed by atoms with Crippen LogP contribution in [0.25, 0.3) is 0 Å². The first-order valence-electron chi connectivity index (χ1n) is 10.5. The third-order valence-electron chi connectivity index (χ3n) is 6.57. The van der Waals surface area contributed by atoms with Crippen LogP contribution in [0.5, 0.6) is 5.75 Å². The third kappa shape index (κ3) is 3.40. The molecule has 3 aliphatic heterocycles. The van der Waals surface area contributed by atoms with E-state index in [-0.39, 0.29) is 23.4 Å². The number of ether oxygens (including phenoxy) is 1. The van der Waals surface area contributed by atoms with Gasteiger partial charge in [0.1, 0.15) is 5.75 Å². The number of aromatic nitrogens is 1. The molecule has 8 nitrogen and oxygen atoms in total. The molecule has 1 aromatic heterocycles. The molecule has 2 N–H and O–H groups in total. The number of carbonyl (C=O) groups is 1. The van der Waals surface area contributed by atoms with E-state index in [1.54, 1.807) is 10.6 Å². The van der Waals surface area contributed by atoms with Gasteiger partial charge in [0.05, 0.1) is 6.61 Å². The Kier molecular flexibility index (Phi) is 4.85. The highest BCUT2D eigenvalue weighted by molar-refractivity contribution is 5.76. The van der Waals surface area contributed by atoms with Crippen molar-refractivity contribution in [3.8, 4) is 5.75 Å². The van der Waals surface area contributed by atoms with Gasteiger partial charge in [0.25, 0.3) is 0 Å². The standard InChI is InChI=1S/C22H25N3O5/c26-21(6-2-14-1-5-20-16(9-14)7-8-30-20)23-11-15-10-17(13-23)18-3-4-19(25(28)29)22(27)24(18)12-15/h1,3-5,9,15,17,25,28H,2,6-8,10-13H2. The molecule has 8 heteroatoms. The maximum Gasteiger partial charge on any atom is 0.315 e. The van der Waals surface area contributed by atoms with E-state index < -0.39 is 10.8 Å². The predicted molar refractivity (Wildman–Crippen MR) is 108 cm³/mol. The second-order valence-corrected chi connectivity index (χ2v) is 8.53. The monoisotopic (exact) mass is 411 g/mol. The fourth-order valence-corrected chi connectivity index (χ4v) is 5.12. The maximum absolute atomic E-state index is 12.9. The summed E-state index contributed by atoms with van der Waals surface area (Å²) in [5.74, 6) is 1.35. The summed E-state index contributed by atoms with van der Waals surface area (Å²) in [6.07, 6.45) is 3.02. The second kappa shape index (κ2) is 7.54. The first-order chi connectivity index (χ1) is 14.5. The molecule has 5 rings (SSSR count). The number of quaternary nitrogens is 1. The molecule has 3 atom stereocenters. The minimum Gasteiger partial charge on any atom is -0.595 e. The summed E-state index contributed by atoms with van der Waals surface area (Å²) >= 11 is 0. The van der Waals surface area contributed by atoms with Crippen molar-refractivity contribution in [1.82, 2.24) is 9.47 Å². The quantitative estimate of drug-likeness (QED) is 0.724. The van der Waals surface area contributed by atoms with E-state index in [9.17, 15) is 20.0 Å². The molecule has 2 bridgehead atoms. The number of fused-ring (bicyclic) bond motifs is 5. The number of benzene rings is 1. The Labute approximate surface area is 173 Å². The van der Waals surface area contributed by atoms with Crippen molar-refractivity contribution in [2.45, 2.75) is 38.1 Å². The lowest BCUT2D eigenvalue weighted by molar-refractivity contribution is -0.992. The Morgan fingerprint density at radius 3 is 2.93 bits per heavy atom. The lowest BCUT2D eigenvalue weighted by atomic mass is 9.83. The van der Waals surface area contributed by atoms with Crippen LogP contribution in [0.15, 0.2) is 35.1 Å². The number of likely N-dealkylation sites (tertiary alicyclic amines) is 1. The van der Waals surface area contributed by atoms with Crippen LogP contribution in [-0.4, -0.2) is 40.3 Å². The topological polar surface area (TPSA) is 99.3 Å². The maximum atomic E-state index is 12.9. The lowest BCUT2D eigenvalue weighted by Gasteiger charge is -2.43. The van der Waals surface area contributed by atoms with Crippen molar-refractivity contribution in [2.75, 3.05) is 19.7 Å². The first kappa shape index (κ1) is 19.3. The predicted octanol–water partition coefficient (Wildman–Crippen LogP) is 0.765. The van der Waals surface area contributed by atoms with Gasteiger partial charge in [-0.05, 0) is 42.0 Å². The smallest absolute Gasteiger partial charge is 0.315 e. The van der Waals surface area contributed by atoms with Crippen molar-refractivity contribution >= 4 is 11.6 Å². The highest BCUT2D eigenvalue weighted by Crippen LogP contribution is 2.35. The lowest BCUT2D eigenvalue weighted by Crippen LogP contribution is -3.00.